The van der Waals surface area contributed by atoms with Crippen LogP contribution in [0.4, 0.5) is 5.69 Å². The van der Waals surface area contributed by atoms with Gasteiger partial charge in [-0.3, -0.25) is 9.69 Å². The van der Waals surface area contributed by atoms with E-state index in [0.29, 0.717) is 19.7 Å². The molecule has 1 aliphatic rings. The van der Waals surface area contributed by atoms with Gasteiger partial charge in [-0.05, 0) is 31.2 Å². The summed E-state index contributed by atoms with van der Waals surface area (Å²) in [4.78, 5) is 18.0. The summed E-state index contributed by atoms with van der Waals surface area (Å²) in [7, 11) is 0. The SMILES string of the molecule is CCOc1ccccc1N1CCN(CC(=O)NCCSc2ccccc2)CC1. The van der Waals surface area contributed by atoms with E-state index in [1.165, 1.54) is 4.90 Å². The van der Waals surface area contributed by atoms with Gasteiger partial charge in [0, 0.05) is 43.4 Å². The van der Waals surface area contributed by atoms with Gasteiger partial charge in [0.2, 0.25) is 5.91 Å². The van der Waals surface area contributed by atoms with Crippen LogP contribution in [0.15, 0.2) is 59.5 Å². The fraction of sp³-hybridized carbons (Fsp3) is 0.409. The molecule has 0 unspecified atom stereocenters. The lowest BCUT2D eigenvalue weighted by molar-refractivity contribution is -0.122. The van der Waals surface area contributed by atoms with Gasteiger partial charge in [0.15, 0.2) is 0 Å². The maximum absolute atomic E-state index is 12.2. The van der Waals surface area contributed by atoms with Gasteiger partial charge in [-0.25, -0.2) is 0 Å². The third kappa shape index (κ3) is 6.17. The minimum Gasteiger partial charge on any atom is -0.492 e. The van der Waals surface area contributed by atoms with E-state index in [2.05, 4.69) is 33.3 Å². The molecule has 1 aliphatic heterocycles. The Morgan fingerprint density at radius 2 is 1.75 bits per heavy atom. The number of amides is 1. The monoisotopic (exact) mass is 399 g/mol. The van der Waals surface area contributed by atoms with Gasteiger partial charge in [0.1, 0.15) is 5.75 Å². The summed E-state index contributed by atoms with van der Waals surface area (Å²) in [5.74, 6) is 1.93. The first kappa shape index (κ1) is 20.6. The number of carbonyl (C=O) groups is 1. The summed E-state index contributed by atoms with van der Waals surface area (Å²) >= 11 is 1.76. The Bertz CT molecular complexity index is 734. The lowest BCUT2D eigenvalue weighted by Crippen LogP contribution is -2.49. The fourth-order valence-corrected chi connectivity index (χ4v) is 4.07. The number of benzene rings is 2. The van der Waals surface area contributed by atoms with Crippen molar-refractivity contribution >= 4 is 23.4 Å². The maximum atomic E-state index is 12.2. The van der Waals surface area contributed by atoms with E-state index in [-0.39, 0.29) is 5.91 Å². The van der Waals surface area contributed by atoms with E-state index < -0.39 is 0 Å². The highest BCUT2D eigenvalue weighted by atomic mass is 32.2. The smallest absolute Gasteiger partial charge is 0.234 e. The number of hydrogen-bond donors (Lipinski definition) is 1. The van der Waals surface area contributed by atoms with Crippen molar-refractivity contribution in [3.8, 4) is 5.75 Å². The van der Waals surface area contributed by atoms with Crippen molar-refractivity contribution in [3.05, 3.63) is 54.6 Å². The molecule has 150 valence electrons. The molecule has 0 bridgehead atoms. The first-order valence-electron chi connectivity index (χ1n) is 9.90. The highest BCUT2D eigenvalue weighted by Gasteiger charge is 2.21. The number of carbonyl (C=O) groups excluding carboxylic acids is 1. The van der Waals surface area contributed by atoms with Crippen molar-refractivity contribution in [2.45, 2.75) is 11.8 Å². The second-order valence-electron chi connectivity index (χ2n) is 6.68. The Balaban J connectivity index is 1.36. The van der Waals surface area contributed by atoms with Crippen molar-refractivity contribution in [1.29, 1.82) is 0 Å². The van der Waals surface area contributed by atoms with E-state index in [9.17, 15) is 4.79 Å². The molecule has 1 N–H and O–H groups in total. The zero-order chi connectivity index (χ0) is 19.6. The van der Waals surface area contributed by atoms with Crippen LogP contribution in [0.5, 0.6) is 5.75 Å². The quantitative estimate of drug-likeness (QED) is 0.519. The van der Waals surface area contributed by atoms with Crippen molar-refractivity contribution < 1.29 is 9.53 Å². The van der Waals surface area contributed by atoms with Gasteiger partial charge in [0.05, 0.1) is 18.8 Å². The van der Waals surface area contributed by atoms with Crippen LogP contribution in [-0.2, 0) is 4.79 Å². The second-order valence-corrected chi connectivity index (χ2v) is 7.84. The van der Waals surface area contributed by atoms with E-state index in [0.717, 1.165) is 43.4 Å². The average molecular weight is 400 g/mol. The van der Waals surface area contributed by atoms with Crippen LogP contribution in [0.1, 0.15) is 6.92 Å². The molecule has 0 radical (unpaired) electrons. The summed E-state index contributed by atoms with van der Waals surface area (Å²) in [5.41, 5.74) is 1.14. The van der Waals surface area contributed by atoms with Crippen LogP contribution >= 0.6 is 11.8 Å². The number of para-hydroxylation sites is 2. The normalized spacial score (nSPS) is 14.7. The molecular formula is C22H29N3O2S. The Morgan fingerprint density at radius 1 is 1.04 bits per heavy atom. The molecule has 5 nitrogen and oxygen atoms in total. The maximum Gasteiger partial charge on any atom is 0.234 e. The third-order valence-corrected chi connectivity index (χ3v) is 5.70. The summed E-state index contributed by atoms with van der Waals surface area (Å²) in [6.45, 7) is 7.41. The predicted molar refractivity (Wildman–Crippen MR) is 116 cm³/mol. The minimum absolute atomic E-state index is 0.108. The molecule has 1 amide bonds. The number of anilines is 1. The van der Waals surface area contributed by atoms with Gasteiger partial charge >= 0.3 is 0 Å². The molecule has 1 fully saturated rings. The lowest BCUT2D eigenvalue weighted by Gasteiger charge is -2.36. The number of ether oxygens (including phenoxy) is 1. The number of nitrogens with zero attached hydrogens (tertiary/aromatic N) is 2. The zero-order valence-corrected chi connectivity index (χ0v) is 17.3. The average Bonchev–Trinajstić information content (AvgIpc) is 2.73. The Morgan fingerprint density at radius 3 is 2.50 bits per heavy atom. The predicted octanol–water partition coefficient (Wildman–Crippen LogP) is 3.12. The molecule has 0 saturated carbocycles. The van der Waals surface area contributed by atoms with Crippen molar-refractivity contribution in [1.82, 2.24) is 10.2 Å². The molecule has 2 aromatic carbocycles. The first-order valence-corrected chi connectivity index (χ1v) is 10.9. The standard InChI is InChI=1S/C22H29N3O2S/c1-2-27-21-11-7-6-10-20(21)25-15-13-24(14-16-25)18-22(26)23-12-17-28-19-8-4-3-5-9-19/h3-11H,2,12-18H2,1H3,(H,23,26). The Kier molecular flexibility index (Phi) is 8.06. The van der Waals surface area contributed by atoms with E-state index in [1.54, 1.807) is 11.8 Å². The van der Waals surface area contributed by atoms with E-state index >= 15 is 0 Å². The van der Waals surface area contributed by atoms with Crippen LogP contribution in [0.3, 0.4) is 0 Å². The van der Waals surface area contributed by atoms with Crippen LogP contribution in [0.25, 0.3) is 0 Å². The number of rotatable bonds is 9. The number of hydrogen-bond acceptors (Lipinski definition) is 5. The summed E-state index contributed by atoms with van der Waals surface area (Å²) < 4.78 is 5.75. The molecule has 6 heteroatoms. The van der Waals surface area contributed by atoms with Crippen LogP contribution in [0.2, 0.25) is 0 Å². The van der Waals surface area contributed by atoms with Crippen molar-refractivity contribution in [2.75, 3.05) is 56.5 Å². The number of nitrogens with one attached hydrogen (secondary N) is 1. The molecular weight excluding hydrogens is 370 g/mol. The third-order valence-electron chi connectivity index (χ3n) is 4.68. The van der Waals surface area contributed by atoms with E-state index in [1.807, 2.05) is 43.3 Å². The molecule has 0 aromatic heterocycles. The van der Waals surface area contributed by atoms with Crippen molar-refractivity contribution in [3.63, 3.8) is 0 Å². The van der Waals surface area contributed by atoms with Crippen LogP contribution in [-0.4, -0.2) is 62.4 Å². The Hall–Kier alpha value is -2.18. The minimum atomic E-state index is 0.108. The summed E-state index contributed by atoms with van der Waals surface area (Å²) in [5, 5.41) is 3.03. The molecule has 1 saturated heterocycles. The molecule has 3 rings (SSSR count). The highest BCUT2D eigenvalue weighted by molar-refractivity contribution is 7.99. The molecule has 0 aliphatic carbocycles. The second kappa shape index (κ2) is 11.0. The van der Waals surface area contributed by atoms with Gasteiger partial charge < -0.3 is 15.0 Å². The van der Waals surface area contributed by atoms with Gasteiger partial charge in [-0.1, -0.05) is 30.3 Å². The Labute approximate surface area is 172 Å². The topological polar surface area (TPSA) is 44.8 Å². The fourth-order valence-electron chi connectivity index (χ4n) is 3.28. The largest absolute Gasteiger partial charge is 0.492 e. The highest BCUT2D eigenvalue weighted by Crippen LogP contribution is 2.28. The van der Waals surface area contributed by atoms with E-state index in [4.69, 9.17) is 4.74 Å². The lowest BCUT2D eigenvalue weighted by atomic mass is 10.2. The summed E-state index contributed by atoms with van der Waals surface area (Å²) in [6.07, 6.45) is 0. The molecule has 1 heterocycles. The summed E-state index contributed by atoms with van der Waals surface area (Å²) in [6, 6.07) is 18.5. The van der Waals surface area contributed by atoms with Gasteiger partial charge in [-0.15, -0.1) is 11.8 Å². The first-order chi connectivity index (χ1) is 13.8. The molecule has 0 atom stereocenters. The van der Waals surface area contributed by atoms with Gasteiger partial charge in [0.25, 0.3) is 0 Å². The molecule has 2 aromatic rings. The van der Waals surface area contributed by atoms with Gasteiger partial charge in [-0.2, -0.15) is 0 Å². The van der Waals surface area contributed by atoms with Crippen LogP contribution in [0, 0.1) is 0 Å². The van der Waals surface area contributed by atoms with Crippen LogP contribution < -0.4 is 15.0 Å². The number of piperazine rings is 1. The van der Waals surface area contributed by atoms with Crippen molar-refractivity contribution in [2.24, 2.45) is 0 Å². The molecule has 0 spiro atoms. The molecule has 28 heavy (non-hydrogen) atoms. The zero-order valence-electron chi connectivity index (χ0n) is 16.5. The number of thioether (sulfide) groups is 1.